The maximum Gasteiger partial charge on any atom is 0.254 e. The van der Waals surface area contributed by atoms with Crippen LogP contribution in [0, 0.1) is 0 Å². The number of rotatable bonds is 5. The van der Waals surface area contributed by atoms with Crippen LogP contribution in [0.4, 0.5) is 5.82 Å². The zero-order valence-electron chi connectivity index (χ0n) is 10.1. The highest BCUT2D eigenvalue weighted by Crippen LogP contribution is 2.12. The Labute approximate surface area is 103 Å². The number of hydrogen-bond acceptors (Lipinski definition) is 6. The fraction of sp³-hybridized carbons (Fsp3) is 0.400. The van der Waals surface area contributed by atoms with E-state index in [1.807, 2.05) is 0 Å². The van der Waals surface area contributed by atoms with Crippen LogP contribution in [0.15, 0.2) is 12.4 Å². The molecule has 3 N–H and O–H groups in total. The molecule has 0 bridgehead atoms. The van der Waals surface area contributed by atoms with Gasteiger partial charge in [-0.2, -0.15) is 14.6 Å². The summed E-state index contributed by atoms with van der Waals surface area (Å²) in [5.41, 5.74) is 5.90. The average Bonchev–Trinajstić information content (AvgIpc) is 2.77. The Morgan fingerprint density at radius 3 is 3.11 bits per heavy atom. The lowest BCUT2D eigenvalue weighted by atomic mass is 10.3. The molecule has 0 radical (unpaired) electrons. The Kier molecular flexibility index (Phi) is 3.38. The molecule has 96 valence electrons. The smallest absolute Gasteiger partial charge is 0.254 e. The van der Waals surface area contributed by atoms with Gasteiger partial charge in [-0.05, 0) is 6.92 Å². The summed E-state index contributed by atoms with van der Waals surface area (Å²) in [5.74, 6) is 0.577. The molecule has 0 saturated carbocycles. The Hall–Kier alpha value is -2.22. The Morgan fingerprint density at radius 1 is 1.67 bits per heavy atom. The van der Waals surface area contributed by atoms with Gasteiger partial charge in [0.25, 0.3) is 5.78 Å². The number of aromatic nitrogens is 4. The number of primary amides is 1. The number of nitrogens with two attached hydrogens (primary N) is 1. The monoisotopic (exact) mass is 250 g/mol. The van der Waals surface area contributed by atoms with Crippen molar-refractivity contribution in [1.29, 1.82) is 0 Å². The van der Waals surface area contributed by atoms with Crippen molar-refractivity contribution < 1.29 is 9.53 Å². The van der Waals surface area contributed by atoms with Gasteiger partial charge in [0.2, 0.25) is 5.91 Å². The number of anilines is 1. The second-order valence-corrected chi connectivity index (χ2v) is 3.81. The zero-order valence-corrected chi connectivity index (χ0v) is 10.1. The predicted molar refractivity (Wildman–Crippen MR) is 63.8 cm³/mol. The first-order valence-corrected chi connectivity index (χ1v) is 5.36. The van der Waals surface area contributed by atoms with Crippen LogP contribution >= 0.6 is 0 Å². The second kappa shape index (κ2) is 4.96. The molecule has 1 amide bonds. The van der Waals surface area contributed by atoms with Crippen molar-refractivity contribution in [3.8, 4) is 0 Å². The summed E-state index contributed by atoms with van der Waals surface area (Å²) in [4.78, 5) is 19.3. The summed E-state index contributed by atoms with van der Waals surface area (Å²) in [5, 5.41) is 6.98. The third kappa shape index (κ3) is 2.38. The molecule has 1 atom stereocenters. The lowest BCUT2D eigenvalue weighted by Gasteiger charge is -2.13. The second-order valence-electron chi connectivity index (χ2n) is 3.81. The molecule has 0 saturated heterocycles. The van der Waals surface area contributed by atoms with Crippen molar-refractivity contribution in [2.45, 2.75) is 19.6 Å². The van der Waals surface area contributed by atoms with Crippen LogP contribution in [-0.2, 0) is 16.1 Å². The third-order valence-corrected chi connectivity index (χ3v) is 2.39. The number of ether oxygens (including phenoxy) is 1. The van der Waals surface area contributed by atoms with Crippen LogP contribution in [0.25, 0.3) is 5.78 Å². The molecule has 0 aliphatic heterocycles. The van der Waals surface area contributed by atoms with Crippen molar-refractivity contribution >= 4 is 17.5 Å². The van der Waals surface area contributed by atoms with E-state index in [9.17, 15) is 4.79 Å². The minimum absolute atomic E-state index is 0.350. The fourth-order valence-corrected chi connectivity index (χ4v) is 1.48. The zero-order chi connectivity index (χ0) is 13.1. The van der Waals surface area contributed by atoms with Crippen molar-refractivity contribution in [2.75, 3.05) is 12.4 Å². The normalized spacial score (nSPS) is 12.6. The van der Waals surface area contributed by atoms with Gasteiger partial charge in [-0.1, -0.05) is 0 Å². The first-order valence-electron chi connectivity index (χ1n) is 5.36. The van der Waals surface area contributed by atoms with E-state index in [4.69, 9.17) is 10.5 Å². The predicted octanol–water partition coefficient (Wildman–Crippen LogP) is -0.444. The molecular formula is C10H14N6O2. The van der Waals surface area contributed by atoms with Gasteiger partial charge in [0.05, 0.1) is 12.3 Å². The van der Waals surface area contributed by atoms with Gasteiger partial charge in [-0.15, -0.1) is 0 Å². The van der Waals surface area contributed by atoms with Crippen LogP contribution < -0.4 is 11.1 Å². The summed E-state index contributed by atoms with van der Waals surface area (Å²) in [6.07, 6.45) is 1.39. The lowest BCUT2D eigenvalue weighted by molar-refractivity contribution is -0.118. The summed E-state index contributed by atoms with van der Waals surface area (Å²) in [6.45, 7) is 2.02. The molecule has 2 heterocycles. The molecule has 0 aliphatic rings. The molecule has 0 unspecified atom stereocenters. The van der Waals surface area contributed by atoms with Gasteiger partial charge < -0.3 is 15.8 Å². The standard InChI is InChI=1S/C10H14N6O2/c1-6(9(11)17)14-8-3-7(4-18-2)15-10-12-5-13-16(8)10/h3,5-6,14H,4H2,1-2H3,(H2,11,17)/t6-/m1/s1. The van der Waals surface area contributed by atoms with Gasteiger partial charge in [0.1, 0.15) is 18.2 Å². The van der Waals surface area contributed by atoms with Crippen molar-refractivity contribution in [3.05, 3.63) is 18.1 Å². The maximum absolute atomic E-state index is 11.1. The highest BCUT2D eigenvalue weighted by molar-refractivity contribution is 5.82. The van der Waals surface area contributed by atoms with Gasteiger partial charge in [-0.3, -0.25) is 4.79 Å². The van der Waals surface area contributed by atoms with E-state index in [0.717, 1.165) is 0 Å². The van der Waals surface area contributed by atoms with E-state index in [1.54, 1.807) is 20.1 Å². The summed E-state index contributed by atoms with van der Waals surface area (Å²) in [6, 6.07) is 1.22. The topological polar surface area (TPSA) is 107 Å². The van der Waals surface area contributed by atoms with Crippen molar-refractivity contribution in [3.63, 3.8) is 0 Å². The van der Waals surface area contributed by atoms with Gasteiger partial charge >= 0.3 is 0 Å². The highest BCUT2D eigenvalue weighted by Gasteiger charge is 2.13. The SMILES string of the molecule is COCc1cc(N[C@H](C)C(N)=O)n2ncnc2n1. The molecule has 8 nitrogen and oxygen atoms in total. The Bertz CT molecular complexity index is 566. The number of fused-ring (bicyclic) bond motifs is 1. The number of nitrogens with one attached hydrogen (secondary N) is 1. The summed E-state index contributed by atoms with van der Waals surface area (Å²) < 4.78 is 6.52. The number of carbonyl (C=O) groups is 1. The summed E-state index contributed by atoms with van der Waals surface area (Å²) in [7, 11) is 1.58. The van der Waals surface area contributed by atoms with E-state index in [0.29, 0.717) is 23.9 Å². The highest BCUT2D eigenvalue weighted by atomic mass is 16.5. The van der Waals surface area contributed by atoms with Crippen LogP contribution in [0.1, 0.15) is 12.6 Å². The van der Waals surface area contributed by atoms with E-state index < -0.39 is 11.9 Å². The lowest BCUT2D eigenvalue weighted by Crippen LogP contribution is -2.33. The summed E-state index contributed by atoms with van der Waals surface area (Å²) >= 11 is 0. The first-order chi connectivity index (χ1) is 8.61. The Morgan fingerprint density at radius 2 is 2.44 bits per heavy atom. The van der Waals surface area contributed by atoms with Crippen LogP contribution in [0.2, 0.25) is 0 Å². The molecule has 2 rings (SSSR count). The number of methoxy groups -OCH3 is 1. The molecule has 2 aromatic heterocycles. The molecule has 0 aromatic carbocycles. The number of amides is 1. The number of hydrogen-bond donors (Lipinski definition) is 2. The average molecular weight is 250 g/mol. The van der Waals surface area contributed by atoms with Gasteiger partial charge in [-0.25, -0.2) is 4.98 Å². The minimum Gasteiger partial charge on any atom is -0.378 e. The minimum atomic E-state index is -0.518. The van der Waals surface area contributed by atoms with Crippen LogP contribution in [0.3, 0.4) is 0 Å². The van der Waals surface area contributed by atoms with E-state index in [2.05, 4.69) is 20.4 Å². The molecule has 0 spiro atoms. The number of nitrogens with zero attached hydrogens (tertiary/aromatic N) is 4. The fourth-order valence-electron chi connectivity index (χ4n) is 1.48. The van der Waals surface area contributed by atoms with Gasteiger partial charge in [0.15, 0.2) is 0 Å². The maximum atomic E-state index is 11.1. The third-order valence-electron chi connectivity index (χ3n) is 2.39. The van der Waals surface area contributed by atoms with Crippen LogP contribution in [0.5, 0.6) is 0 Å². The van der Waals surface area contributed by atoms with E-state index in [1.165, 1.54) is 10.8 Å². The molecule has 0 fully saturated rings. The molecular weight excluding hydrogens is 236 g/mol. The quantitative estimate of drug-likeness (QED) is 0.744. The first kappa shape index (κ1) is 12.2. The van der Waals surface area contributed by atoms with E-state index >= 15 is 0 Å². The molecule has 0 aliphatic carbocycles. The van der Waals surface area contributed by atoms with E-state index in [-0.39, 0.29) is 0 Å². The van der Waals surface area contributed by atoms with Crippen molar-refractivity contribution in [2.24, 2.45) is 5.73 Å². The Balaban J connectivity index is 2.40. The number of carbonyl (C=O) groups excluding carboxylic acids is 1. The van der Waals surface area contributed by atoms with Crippen molar-refractivity contribution in [1.82, 2.24) is 19.6 Å². The largest absolute Gasteiger partial charge is 0.378 e. The van der Waals surface area contributed by atoms with Crippen LogP contribution in [-0.4, -0.2) is 38.6 Å². The molecule has 2 aromatic rings. The van der Waals surface area contributed by atoms with Gasteiger partial charge in [0, 0.05) is 13.2 Å². The molecule has 18 heavy (non-hydrogen) atoms. The molecule has 8 heteroatoms.